The Hall–Kier alpha value is -2.25. The van der Waals surface area contributed by atoms with Crippen LogP contribution in [0.3, 0.4) is 0 Å². The second kappa shape index (κ2) is 4.45. The molecule has 0 spiro atoms. The summed E-state index contributed by atoms with van der Waals surface area (Å²) in [5, 5.41) is 12.6. The highest BCUT2D eigenvalue weighted by molar-refractivity contribution is 7.15. The van der Waals surface area contributed by atoms with Crippen molar-refractivity contribution in [2.45, 2.75) is 6.54 Å². The van der Waals surface area contributed by atoms with Gasteiger partial charge in [-0.2, -0.15) is 0 Å². The van der Waals surface area contributed by atoms with E-state index in [-0.39, 0.29) is 5.69 Å². The molecule has 0 unspecified atom stereocenters. The second-order valence-electron chi connectivity index (χ2n) is 4.00. The van der Waals surface area contributed by atoms with Gasteiger partial charge < -0.3 is 5.73 Å². The van der Waals surface area contributed by atoms with Crippen LogP contribution in [0.5, 0.6) is 0 Å². The van der Waals surface area contributed by atoms with Crippen LogP contribution in [-0.4, -0.2) is 14.3 Å². The molecule has 3 rings (SSSR count). The van der Waals surface area contributed by atoms with E-state index in [4.69, 9.17) is 5.73 Å². The average molecular weight is 274 g/mol. The predicted molar refractivity (Wildman–Crippen MR) is 73.1 cm³/mol. The van der Waals surface area contributed by atoms with Crippen LogP contribution in [0.25, 0.3) is 16.2 Å². The number of non-ortho nitro benzene ring substituents is 1. The Morgan fingerprint density at radius 3 is 2.74 bits per heavy atom. The van der Waals surface area contributed by atoms with Gasteiger partial charge in [0.1, 0.15) is 0 Å². The molecule has 3 aromatic rings. The fourth-order valence-corrected chi connectivity index (χ4v) is 2.86. The zero-order valence-electron chi connectivity index (χ0n) is 9.81. The van der Waals surface area contributed by atoms with Crippen LogP contribution in [0.4, 0.5) is 5.69 Å². The molecule has 19 heavy (non-hydrogen) atoms. The Morgan fingerprint density at radius 1 is 1.37 bits per heavy atom. The number of rotatable bonds is 3. The summed E-state index contributed by atoms with van der Waals surface area (Å²) in [5.41, 5.74) is 8.55. The number of hydrogen-bond acceptors (Lipinski definition) is 5. The Kier molecular flexibility index (Phi) is 2.77. The SMILES string of the molecule is NCc1cnc2scc(-c3ccc([N+](=O)[O-])cc3)n12. The molecule has 7 heteroatoms. The lowest BCUT2D eigenvalue weighted by Gasteiger charge is -2.02. The van der Waals surface area contributed by atoms with Gasteiger partial charge in [0, 0.05) is 24.1 Å². The molecule has 0 atom stereocenters. The summed E-state index contributed by atoms with van der Waals surface area (Å²) in [6.45, 7) is 0.401. The standard InChI is InChI=1S/C12H10N4O2S/c13-5-10-6-14-12-15(10)11(7-19-12)8-1-3-9(4-2-8)16(17)18/h1-4,6-7H,5,13H2. The van der Waals surface area contributed by atoms with Crippen LogP contribution in [0.2, 0.25) is 0 Å². The van der Waals surface area contributed by atoms with Crippen LogP contribution < -0.4 is 5.73 Å². The molecule has 2 aromatic heterocycles. The van der Waals surface area contributed by atoms with E-state index in [2.05, 4.69) is 4.98 Å². The van der Waals surface area contributed by atoms with Crippen molar-refractivity contribution in [3.05, 3.63) is 51.7 Å². The summed E-state index contributed by atoms with van der Waals surface area (Å²) >= 11 is 1.52. The summed E-state index contributed by atoms with van der Waals surface area (Å²) in [4.78, 5) is 15.4. The first-order valence-corrected chi connectivity index (χ1v) is 6.47. The second-order valence-corrected chi connectivity index (χ2v) is 4.83. The first kappa shape index (κ1) is 11.8. The minimum atomic E-state index is -0.407. The predicted octanol–water partition coefficient (Wildman–Crippen LogP) is 2.43. The monoisotopic (exact) mass is 274 g/mol. The smallest absolute Gasteiger partial charge is 0.269 e. The number of fused-ring (bicyclic) bond motifs is 1. The van der Waals surface area contributed by atoms with E-state index >= 15 is 0 Å². The minimum Gasteiger partial charge on any atom is -0.325 e. The maximum atomic E-state index is 10.6. The Labute approximate surface area is 112 Å². The van der Waals surface area contributed by atoms with Crippen molar-refractivity contribution >= 4 is 22.0 Å². The average Bonchev–Trinajstić information content (AvgIpc) is 2.99. The largest absolute Gasteiger partial charge is 0.325 e. The number of nitro benzene ring substituents is 1. The van der Waals surface area contributed by atoms with E-state index in [1.807, 2.05) is 9.78 Å². The maximum Gasteiger partial charge on any atom is 0.269 e. The highest BCUT2D eigenvalue weighted by atomic mass is 32.1. The van der Waals surface area contributed by atoms with E-state index in [0.29, 0.717) is 6.54 Å². The number of thiazole rings is 1. The molecule has 0 aliphatic carbocycles. The van der Waals surface area contributed by atoms with Crippen LogP contribution in [-0.2, 0) is 6.54 Å². The third-order valence-corrected chi connectivity index (χ3v) is 3.74. The zero-order chi connectivity index (χ0) is 13.4. The number of nitro groups is 1. The van der Waals surface area contributed by atoms with Crippen LogP contribution in [0.1, 0.15) is 5.69 Å². The van der Waals surface area contributed by atoms with E-state index in [9.17, 15) is 10.1 Å². The third kappa shape index (κ3) is 1.88. The topological polar surface area (TPSA) is 86.5 Å². The fourth-order valence-electron chi connectivity index (χ4n) is 1.97. The van der Waals surface area contributed by atoms with Crippen molar-refractivity contribution in [2.24, 2.45) is 5.73 Å². The van der Waals surface area contributed by atoms with E-state index in [1.54, 1.807) is 18.3 Å². The van der Waals surface area contributed by atoms with Crippen molar-refractivity contribution < 1.29 is 4.92 Å². The summed E-state index contributed by atoms with van der Waals surface area (Å²) in [6.07, 6.45) is 1.75. The molecule has 2 N–H and O–H groups in total. The van der Waals surface area contributed by atoms with Gasteiger partial charge in [-0.1, -0.05) is 0 Å². The van der Waals surface area contributed by atoms with E-state index in [0.717, 1.165) is 21.9 Å². The molecular weight excluding hydrogens is 264 g/mol. The number of imidazole rings is 1. The summed E-state index contributed by atoms with van der Waals surface area (Å²) < 4.78 is 1.98. The Morgan fingerprint density at radius 2 is 2.11 bits per heavy atom. The van der Waals surface area contributed by atoms with E-state index < -0.39 is 4.92 Å². The van der Waals surface area contributed by atoms with Crippen molar-refractivity contribution in [2.75, 3.05) is 0 Å². The quantitative estimate of drug-likeness (QED) is 0.587. The first-order valence-electron chi connectivity index (χ1n) is 5.59. The molecule has 0 radical (unpaired) electrons. The van der Waals surface area contributed by atoms with Crippen molar-refractivity contribution in [3.8, 4) is 11.3 Å². The normalized spacial score (nSPS) is 11.0. The van der Waals surface area contributed by atoms with Crippen LogP contribution in [0.15, 0.2) is 35.8 Å². The number of aromatic nitrogens is 2. The van der Waals surface area contributed by atoms with Gasteiger partial charge in [-0.3, -0.25) is 14.5 Å². The molecule has 0 bridgehead atoms. The lowest BCUT2D eigenvalue weighted by Crippen LogP contribution is -2.00. The molecule has 0 aliphatic heterocycles. The maximum absolute atomic E-state index is 10.6. The molecule has 0 fully saturated rings. The van der Waals surface area contributed by atoms with Crippen molar-refractivity contribution in [3.63, 3.8) is 0 Å². The van der Waals surface area contributed by atoms with Crippen molar-refractivity contribution in [1.82, 2.24) is 9.38 Å². The van der Waals surface area contributed by atoms with Gasteiger partial charge >= 0.3 is 0 Å². The molecule has 1 aromatic carbocycles. The van der Waals surface area contributed by atoms with Gasteiger partial charge in [-0.25, -0.2) is 4.98 Å². The van der Waals surface area contributed by atoms with Crippen LogP contribution >= 0.6 is 11.3 Å². The molecule has 0 amide bonds. The number of nitrogens with two attached hydrogens (primary N) is 1. The molecule has 2 heterocycles. The summed E-state index contributed by atoms with van der Waals surface area (Å²) in [6, 6.07) is 6.47. The Bertz CT molecular complexity index is 745. The Balaban J connectivity index is 2.13. The molecule has 0 saturated heterocycles. The highest BCUT2D eigenvalue weighted by Gasteiger charge is 2.12. The van der Waals surface area contributed by atoms with Crippen LogP contribution in [0, 0.1) is 10.1 Å². The van der Waals surface area contributed by atoms with Gasteiger partial charge in [0.15, 0.2) is 4.96 Å². The molecular formula is C12H10N4O2S. The first-order chi connectivity index (χ1) is 9.20. The minimum absolute atomic E-state index is 0.0832. The van der Waals surface area contributed by atoms with E-state index in [1.165, 1.54) is 23.5 Å². The van der Waals surface area contributed by atoms with Gasteiger partial charge in [-0.15, -0.1) is 11.3 Å². The highest BCUT2D eigenvalue weighted by Crippen LogP contribution is 2.28. The summed E-state index contributed by atoms with van der Waals surface area (Å²) in [7, 11) is 0. The summed E-state index contributed by atoms with van der Waals surface area (Å²) in [5.74, 6) is 0. The third-order valence-electron chi connectivity index (χ3n) is 2.90. The lowest BCUT2D eigenvalue weighted by atomic mass is 10.1. The lowest BCUT2D eigenvalue weighted by molar-refractivity contribution is -0.384. The zero-order valence-corrected chi connectivity index (χ0v) is 10.6. The van der Waals surface area contributed by atoms with Crippen molar-refractivity contribution in [1.29, 1.82) is 0 Å². The number of benzene rings is 1. The number of nitrogens with zero attached hydrogens (tertiary/aromatic N) is 3. The van der Waals surface area contributed by atoms with Gasteiger partial charge in [-0.05, 0) is 17.7 Å². The molecule has 6 nitrogen and oxygen atoms in total. The molecule has 0 saturated carbocycles. The molecule has 96 valence electrons. The molecule has 0 aliphatic rings. The fraction of sp³-hybridized carbons (Fsp3) is 0.0833. The number of hydrogen-bond donors (Lipinski definition) is 1. The van der Waals surface area contributed by atoms with Gasteiger partial charge in [0.2, 0.25) is 0 Å². The van der Waals surface area contributed by atoms with Gasteiger partial charge in [0.25, 0.3) is 5.69 Å². The van der Waals surface area contributed by atoms with Gasteiger partial charge in [0.05, 0.1) is 22.5 Å².